The van der Waals surface area contributed by atoms with Crippen LogP contribution in [0.5, 0.6) is 23.0 Å². The smallest absolute Gasteiger partial charge is 0.119 e. The summed E-state index contributed by atoms with van der Waals surface area (Å²) < 4.78 is 23.0. The van der Waals surface area contributed by atoms with Crippen molar-refractivity contribution in [2.75, 3.05) is 36.2 Å². The average Bonchev–Trinajstić information content (AvgIpc) is 3.23. The van der Waals surface area contributed by atoms with E-state index in [1.54, 1.807) is 24.3 Å². The van der Waals surface area contributed by atoms with E-state index in [2.05, 4.69) is 133 Å². The predicted molar refractivity (Wildman–Crippen MR) is 224 cm³/mol. The van der Waals surface area contributed by atoms with Crippen LogP contribution < -0.4 is 28.7 Å². The first-order chi connectivity index (χ1) is 26.6. The standard InChI is InChI=1S/C48H44N2O4/c1-5-33-51-45-25-17-41(18-26-45)49(42-19-27-46(28-20-42)52-34-6-2)39-13-9-37(10-14-39)38-11-15-40(16-12-38)50(43-21-29-47(30-22-43)53-35-7-3)44-23-31-48(32-24-44)54-36-8-4/h5-32H,1-4,33-36H2. The molecular formula is C48H44N2O4. The van der Waals surface area contributed by atoms with Gasteiger partial charge in [0.15, 0.2) is 0 Å². The van der Waals surface area contributed by atoms with Crippen LogP contribution in [0.4, 0.5) is 34.1 Å². The Kier molecular flexibility index (Phi) is 12.7. The van der Waals surface area contributed by atoms with E-state index in [4.69, 9.17) is 18.9 Å². The Morgan fingerprint density at radius 1 is 0.296 bits per heavy atom. The van der Waals surface area contributed by atoms with E-state index in [1.807, 2.05) is 48.5 Å². The van der Waals surface area contributed by atoms with Gasteiger partial charge in [-0.05, 0) is 132 Å². The summed E-state index contributed by atoms with van der Waals surface area (Å²) in [7, 11) is 0. The lowest BCUT2D eigenvalue weighted by Gasteiger charge is -2.26. The van der Waals surface area contributed by atoms with Crippen molar-refractivity contribution in [3.05, 3.63) is 196 Å². The molecule has 54 heavy (non-hydrogen) atoms. The van der Waals surface area contributed by atoms with Gasteiger partial charge in [-0.1, -0.05) is 74.9 Å². The highest BCUT2D eigenvalue weighted by Gasteiger charge is 2.16. The van der Waals surface area contributed by atoms with Crippen molar-refractivity contribution in [1.29, 1.82) is 0 Å². The van der Waals surface area contributed by atoms with Crippen molar-refractivity contribution >= 4 is 34.1 Å². The Bertz CT molecular complexity index is 1840. The van der Waals surface area contributed by atoms with Crippen molar-refractivity contribution in [3.8, 4) is 34.1 Å². The molecule has 6 aromatic carbocycles. The second-order valence-corrected chi connectivity index (χ2v) is 12.1. The fourth-order valence-electron chi connectivity index (χ4n) is 5.89. The van der Waals surface area contributed by atoms with E-state index >= 15 is 0 Å². The molecule has 0 spiro atoms. The molecule has 0 fully saturated rings. The molecule has 0 heterocycles. The number of benzene rings is 6. The lowest BCUT2D eigenvalue weighted by molar-refractivity contribution is 0.363. The zero-order chi connectivity index (χ0) is 37.5. The maximum Gasteiger partial charge on any atom is 0.119 e. The molecule has 0 saturated carbocycles. The maximum absolute atomic E-state index is 5.75. The van der Waals surface area contributed by atoms with Crippen LogP contribution in [0.15, 0.2) is 196 Å². The van der Waals surface area contributed by atoms with Gasteiger partial charge in [0.05, 0.1) is 0 Å². The number of anilines is 6. The van der Waals surface area contributed by atoms with Gasteiger partial charge in [-0.25, -0.2) is 0 Å². The van der Waals surface area contributed by atoms with Gasteiger partial charge in [-0.2, -0.15) is 0 Å². The van der Waals surface area contributed by atoms with Crippen molar-refractivity contribution in [2.24, 2.45) is 0 Å². The lowest BCUT2D eigenvalue weighted by Crippen LogP contribution is -2.10. The summed E-state index contributed by atoms with van der Waals surface area (Å²) in [5.41, 5.74) is 8.23. The van der Waals surface area contributed by atoms with Crippen LogP contribution in [0.25, 0.3) is 11.1 Å². The molecule has 0 bridgehead atoms. The molecule has 0 atom stereocenters. The van der Waals surface area contributed by atoms with Crippen LogP contribution in [-0.4, -0.2) is 26.4 Å². The Morgan fingerprint density at radius 2 is 0.481 bits per heavy atom. The summed E-state index contributed by atoms with van der Waals surface area (Å²) in [6.07, 6.45) is 6.95. The highest BCUT2D eigenvalue weighted by Crippen LogP contribution is 2.39. The molecule has 270 valence electrons. The zero-order valence-electron chi connectivity index (χ0n) is 30.4. The van der Waals surface area contributed by atoms with Crippen LogP contribution in [0, 0.1) is 0 Å². The molecule has 6 heteroatoms. The molecule has 0 aromatic heterocycles. The lowest BCUT2D eigenvalue weighted by atomic mass is 10.0. The third-order valence-electron chi connectivity index (χ3n) is 8.44. The average molecular weight is 713 g/mol. The topological polar surface area (TPSA) is 43.4 Å². The van der Waals surface area contributed by atoms with Gasteiger partial charge in [0, 0.05) is 34.1 Å². The minimum Gasteiger partial charge on any atom is -0.490 e. The second kappa shape index (κ2) is 18.5. The quantitative estimate of drug-likeness (QED) is 0.0779. The summed E-state index contributed by atoms with van der Waals surface area (Å²) in [4.78, 5) is 4.42. The first kappa shape index (κ1) is 36.9. The summed E-state index contributed by atoms with van der Waals surface area (Å²) in [6, 6.07) is 49.5. The molecule has 6 rings (SSSR count). The molecule has 6 aromatic rings. The van der Waals surface area contributed by atoms with Gasteiger partial charge >= 0.3 is 0 Å². The van der Waals surface area contributed by atoms with Crippen LogP contribution in [-0.2, 0) is 0 Å². The molecule has 0 aliphatic carbocycles. The van der Waals surface area contributed by atoms with E-state index < -0.39 is 0 Å². The molecule has 0 aliphatic heterocycles. The summed E-state index contributed by atoms with van der Waals surface area (Å²) >= 11 is 0. The number of rotatable bonds is 19. The number of hydrogen-bond acceptors (Lipinski definition) is 6. The van der Waals surface area contributed by atoms with Crippen molar-refractivity contribution in [2.45, 2.75) is 0 Å². The van der Waals surface area contributed by atoms with Gasteiger partial charge < -0.3 is 28.7 Å². The number of nitrogens with zero attached hydrogens (tertiary/aromatic N) is 2. The van der Waals surface area contributed by atoms with Gasteiger partial charge in [0.2, 0.25) is 0 Å². The first-order valence-corrected chi connectivity index (χ1v) is 17.8. The zero-order valence-corrected chi connectivity index (χ0v) is 30.4. The Hall–Kier alpha value is -6.92. The van der Waals surface area contributed by atoms with Gasteiger partial charge in [0.25, 0.3) is 0 Å². The number of ether oxygens (including phenoxy) is 4. The summed E-state index contributed by atoms with van der Waals surface area (Å²) in [6.45, 7) is 16.8. The van der Waals surface area contributed by atoms with Gasteiger partial charge in [-0.3, -0.25) is 0 Å². The molecule has 0 unspecified atom stereocenters. The Morgan fingerprint density at radius 3 is 0.667 bits per heavy atom. The maximum atomic E-state index is 5.75. The molecule has 0 amide bonds. The highest BCUT2D eigenvalue weighted by atomic mass is 16.5. The first-order valence-electron chi connectivity index (χ1n) is 17.8. The minimum absolute atomic E-state index is 0.452. The van der Waals surface area contributed by atoms with Gasteiger partial charge in [0.1, 0.15) is 49.4 Å². The fourth-order valence-corrected chi connectivity index (χ4v) is 5.89. The van der Waals surface area contributed by atoms with Crippen LogP contribution in [0.2, 0.25) is 0 Å². The molecular weight excluding hydrogens is 669 g/mol. The Balaban J connectivity index is 1.28. The molecule has 0 saturated heterocycles. The molecule has 0 N–H and O–H groups in total. The van der Waals surface area contributed by atoms with Crippen molar-refractivity contribution < 1.29 is 18.9 Å². The number of hydrogen-bond donors (Lipinski definition) is 0. The molecule has 6 nitrogen and oxygen atoms in total. The largest absolute Gasteiger partial charge is 0.490 e. The summed E-state index contributed by atoms with van der Waals surface area (Å²) in [5.74, 6) is 3.14. The van der Waals surface area contributed by atoms with E-state index in [0.29, 0.717) is 26.4 Å². The molecule has 0 aliphatic rings. The SMILES string of the molecule is C=CCOc1ccc(N(c2ccc(OCC=C)cc2)c2ccc(-c3ccc(N(c4ccc(OCC=C)cc4)c4ccc(OCC=C)cc4)cc3)cc2)cc1. The predicted octanol–water partition coefficient (Wildman–Crippen LogP) is 12.6. The fraction of sp³-hybridized carbons (Fsp3) is 0.0833. The second-order valence-electron chi connectivity index (χ2n) is 12.1. The van der Waals surface area contributed by atoms with Gasteiger partial charge in [-0.15, -0.1) is 0 Å². The minimum atomic E-state index is 0.452. The van der Waals surface area contributed by atoms with Crippen molar-refractivity contribution in [1.82, 2.24) is 0 Å². The third-order valence-corrected chi connectivity index (χ3v) is 8.44. The molecule has 0 radical (unpaired) electrons. The highest BCUT2D eigenvalue weighted by molar-refractivity contribution is 5.81. The Labute approximate surface area is 318 Å². The van der Waals surface area contributed by atoms with Crippen LogP contribution in [0.3, 0.4) is 0 Å². The summed E-state index contributed by atoms with van der Waals surface area (Å²) in [5, 5.41) is 0. The monoisotopic (exact) mass is 712 g/mol. The van der Waals surface area contributed by atoms with E-state index in [-0.39, 0.29) is 0 Å². The van der Waals surface area contributed by atoms with E-state index in [9.17, 15) is 0 Å². The third kappa shape index (κ3) is 9.29. The van der Waals surface area contributed by atoms with Crippen LogP contribution >= 0.6 is 0 Å². The van der Waals surface area contributed by atoms with E-state index in [1.165, 1.54) is 0 Å². The van der Waals surface area contributed by atoms with Crippen LogP contribution in [0.1, 0.15) is 0 Å². The van der Waals surface area contributed by atoms with E-state index in [0.717, 1.165) is 68.2 Å². The van der Waals surface area contributed by atoms with Crippen molar-refractivity contribution in [3.63, 3.8) is 0 Å². The normalized spacial score (nSPS) is 10.4.